The molecular formula is C37H34ClF3N8O5. The van der Waals surface area contributed by atoms with Crippen molar-refractivity contribution in [1.82, 2.24) is 34.0 Å². The van der Waals surface area contributed by atoms with Gasteiger partial charge in [0.1, 0.15) is 12.9 Å². The molecule has 2 amide bonds. The Labute approximate surface area is 310 Å². The molecular weight excluding hydrogens is 729 g/mol. The van der Waals surface area contributed by atoms with Gasteiger partial charge in [-0.1, -0.05) is 11.6 Å². The topological polar surface area (TPSA) is 157 Å². The van der Waals surface area contributed by atoms with Crippen LogP contribution in [0.1, 0.15) is 89.7 Å². The number of aromatic hydroxyl groups is 1. The third-order valence-corrected chi connectivity index (χ3v) is 13.0. The Balaban J connectivity index is 1.06. The van der Waals surface area contributed by atoms with Gasteiger partial charge in [0.25, 0.3) is 11.5 Å². The maximum absolute atomic E-state index is 14.8. The lowest BCUT2D eigenvalue weighted by Crippen LogP contribution is -2.64. The first-order valence-electron chi connectivity index (χ1n) is 18.2. The third kappa shape index (κ3) is 4.84. The average molecular weight is 763 g/mol. The molecule has 2 saturated carbocycles. The zero-order valence-electron chi connectivity index (χ0n) is 28.9. The predicted molar refractivity (Wildman–Crippen MR) is 186 cm³/mol. The van der Waals surface area contributed by atoms with Gasteiger partial charge in [0.05, 0.1) is 34.2 Å². The number of anilines is 1. The van der Waals surface area contributed by atoms with Crippen molar-refractivity contribution in [2.45, 2.75) is 94.2 Å². The van der Waals surface area contributed by atoms with E-state index in [0.717, 1.165) is 61.6 Å². The van der Waals surface area contributed by atoms with Crippen molar-refractivity contribution >= 4 is 40.5 Å². The number of aromatic nitrogens is 6. The summed E-state index contributed by atoms with van der Waals surface area (Å²) in [6, 6.07) is 2.56. The van der Waals surface area contributed by atoms with Gasteiger partial charge in [-0.3, -0.25) is 14.4 Å². The smallest absolute Gasteiger partial charge is 0.416 e. The van der Waals surface area contributed by atoms with Gasteiger partial charge in [-0.05, 0) is 87.1 Å². The SMILES string of the molecule is Cc1ncnc(C(=O)N2CC[C@]3(c4c(n(CC(=O)Nc5ccc(C(F)(F)F)cc5Cl)c5nc(C6=C[C@H]7CC[C@@H](C6)O7)nn5c4=O)[C@H]4C[C@H]43)[C@@H]3CC[C@@H]32)c1O. The molecule has 6 heterocycles. The highest BCUT2D eigenvalue weighted by Gasteiger charge is 2.70. The molecule has 4 fully saturated rings. The van der Waals surface area contributed by atoms with Gasteiger partial charge in [-0.15, -0.1) is 5.10 Å². The van der Waals surface area contributed by atoms with Crippen molar-refractivity contribution in [1.29, 1.82) is 0 Å². The van der Waals surface area contributed by atoms with Crippen molar-refractivity contribution in [3.05, 3.63) is 80.0 Å². The van der Waals surface area contributed by atoms with Crippen LogP contribution in [0.25, 0.3) is 11.4 Å². The molecule has 6 aliphatic rings. The standard InChI is InChI=1S/C37H34ClF3N8O5/c1-16-31(51)29(43-15-42-16)34(53)47-9-8-36(22-5-7-26(22)47)23-13-21(23)30-28(36)33(52)49-35(45-32(46-49)17-10-19-3-4-20(11-17)54-19)48(30)14-27(50)44-25-6-2-18(12-24(25)38)37(39,40)41/h2,6,10,12,15,19-23,26,51H,3-5,7-9,11,13-14H2,1H3,(H,44,50)/t19-,20+,21+,22-,23-,26+,36+/m1/s1. The first-order valence-corrected chi connectivity index (χ1v) is 18.6. The Hall–Kier alpha value is -4.83. The number of nitrogens with zero attached hydrogens (tertiary/aromatic N) is 7. The Kier molecular flexibility index (Phi) is 7.24. The summed E-state index contributed by atoms with van der Waals surface area (Å²) in [6.07, 6.45) is 3.85. The first kappa shape index (κ1) is 33.7. The molecule has 0 unspecified atom stereocenters. The van der Waals surface area contributed by atoms with Crippen LogP contribution in [0.15, 0.2) is 35.4 Å². The van der Waals surface area contributed by atoms with Crippen LogP contribution >= 0.6 is 11.6 Å². The Morgan fingerprint density at radius 3 is 2.72 bits per heavy atom. The van der Waals surface area contributed by atoms with E-state index in [1.807, 2.05) is 6.08 Å². The van der Waals surface area contributed by atoms with Crippen molar-refractivity contribution in [3.8, 4) is 5.75 Å². The van der Waals surface area contributed by atoms with Gasteiger partial charge in [0.2, 0.25) is 11.7 Å². The number of nitrogens with one attached hydrogen (secondary N) is 1. The lowest BCUT2D eigenvalue weighted by Gasteiger charge is -2.58. The number of halogens is 4. The van der Waals surface area contributed by atoms with Gasteiger partial charge in [0.15, 0.2) is 17.3 Å². The maximum Gasteiger partial charge on any atom is 0.416 e. The first-order chi connectivity index (χ1) is 25.8. The molecule has 2 saturated heterocycles. The van der Waals surface area contributed by atoms with Crippen LogP contribution in [-0.2, 0) is 27.7 Å². The molecule has 1 spiro atoms. The summed E-state index contributed by atoms with van der Waals surface area (Å²) < 4.78 is 49.0. The van der Waals surface area contributed by atoms with Crippen LogP contribution in [0.3, 0.4) is 0 Å². The molecule has 1 aromatic carbocycles. The van der Waals surface area contributed by atoms with E-state index in [1.165, 1.54) is 10.8 Å². The fraction of sp³-hybridized carbons (Fsp3) is 0.486. The van der Waals surface area contributed by atoms with E-state index in [9.17, 15) is 32.7 Å². The van der Waals surface area contributed by atoms with Crippen molar-refractivity contribution in [2.75, 3.05) is 11.9 Å². The minimum absolute atomic E-state index is 0.0217. The highest BCUT2D eigenvalue weighted by molar-refractivity contribution is 6.33. The highest BCUT2D eigenvalue weighted by Crippen LogP contribution is 2.72. The number of hydrogen-bond donors (Lipinski definition) is 2. The number of rotatable bonds is 5. The number of aryl methyl sites for hydroxylation is 1. The number of carbonyl (C=O) groups excluding carboxylic acids is 2. The molecule has 280 valence electrons. The zero-order chi connectivity index (χ0) is 37.4. The summed E-state index contributed by atoms with van der Waals surface area (Å²) in [5, 5.41) is 17.8. The fourth-order valence-electron chi connectivity index (χ4n) is 10.2. The zero-order valence-corrected chi connectivity index (χ0v) is 29.7. The number of likely N-dealkylation sites (tertiary alicyclic amines) is 1. The number of carbonyl (C=O) groups is 2. The van der Waals surface area contributed by atoms with Crippen molar-refractivity contribution in [3.63, 3.8) is 0 Å². The monoisotopic (exact) mass is 762 g/mol. The van der Waals surface area contributed by atoms with Gasteiger partial charge in [-0.2, -0.15) is 22.7 Å². The predicted octanol–water partition coefficient (Wildman–Crippen LogP) is 5.02. The molecule has 13 nitrogen and oxygen atoms in total. The fourth-order valence-corrected chi connectivity index (χ4v) is 10.4. The van der Waals surface area contributed by atoms with Crippen molar-refractivity contribution in [2.24, 2.45) is 11.8 Å². The minimum Gasteiger partial charge on any atom is -0.504 e. The number of fused-ring (bicyclic) bond motifs is 10. The van der Waals surface area contributed by atoms with Crippen LogP contribution in [0.4, 0.5) is 18.9 Å². The van der Waals surface area contributed by atoms with Crippen LogP contribution in [0, 0.1) is 18.8 Å². The number of hydrogen-bond acceptors (Lipinski definition) is 9. The Morgan fingerprint density at radius 2 is 1.98 bits per heavy atom. The summed E-state index contributed by atoms with van der Waals surface area (Å²) in [6.45, 7) is 1.66. The van der Waals surface area contributed by atoms with Gasteiger partial charge < -0.3 is 24.6 Å². The van der Waals surface area contributed by atoms with Crippen LogP contribution in [0.5, 0.6) is 5.75 Å². The van der Waals surface area contributed by atoms with Gasteiger partial charge in [0, 0.05) is 41.6 Å². The number of alkyl halides is 3. The molecule has 3 aromatic heterocycles. The number of ether oxygens (including phenoxy) is 1. The lowest BCUT2D eigenvalue weighted by molar-refractivity contribution is -0.137. The summed E-state index contributed by atoms with van der Waals surface area (Å²) in [5.41, 5.74) is 0.667. The van der Waals surface area contributed by atoms with Crippen LogP contribution in [-0.4, -0.2) is 75.7 Å². The van der Waals surface area contributed by atoms with E-state index >= 15 is 0 Å². The second kappa shape index (κ2) is 11.6. The average Bonchev–Trinajstić information content (AvgIpc) is 3.54. The lowest BCUT2D eigenvalue weighted by atomic mass is 9.54. The second-order valence-corrected chi connectivity index (χ2v) is 15.9. The molecule has 17 heteroatoms. The third-order valence-electron chi connectivity index (χ3n) is 12.7. The van der Waals surface area contributed by atoms with Gasteiger partial charge >= 0.3 is 6.18 Å². The molecule has 10 rings (SSSR count). The van der Waals surface area contributed by atoms with E-state index < -0.39 is 23.1 Å². The minimum atomic E-state index is -4.60. The summed E-state index contributed by atoms with van der Waals surface area (Å²) in [5.74, 6) is -0.558. The second-order valence-electron chi connectivity index (χ2n) is 15.5. The molecule has 3 aliphatic carbocycles. The normalized spacial score (nSPS) is 29.1. The number of piperidine rings is 1. The van der Waals surface area contributed by atoms with E-state index in [4.69, 9.17) is 26.4 Å². The summed E-state index contributed by atoms with van der Waals surface area (Å²) in [7, 11) is 0. The molecule has 54 heavy (non-hydrogen) atoms. The Morgan fingerprint density at radius 1 is 1.15 bits per heavy atom. The highest BCUT2D eigenvalue weighted by atomic mass is 35.5. The molecule has 0 radical (unpaired) electrons. The molecule has 3 aliphatic heterocycles. The molecule has 2 bridgehead atoms. The molecule has 4 aromatic rings. The quantitative estimate of drug-likeness (QED) is 0.285. The Bertz CT molecular complexity index is 2410. The van der Waals surface area contributed by atoms with E-state index in [0.29, 0.717) is 36.5 Å². The van der Waals surface area contributed by atoms with Crippen LogP contribution < -0.4 is 10.9 Å². The van der Waals surface area contributed by atoms with Gasteiger partial charge in [-0.25, -0.2) is 9.97 Å². The molecule has 2 N–H and O–H groups in total. The van der Waals surface area contributed by atoms with Crippen molar-refractivity contribution < 1.29 is 32.6 Å². The van der Waals surface area contributed by atoms with E-state index in [-0.39, 0.29) is 81.9 Å². The van der Waals surface area contributed by atoms with E-state index in [1.54, 1.807) is 16.4 Å². The maximum atomic E-state index is 14.8. The summed E-state index contributed by atoms with van der Waals surface area (Å²) in [4.78, 5) is 57.2. The van der Waals surface area contributed by atoms with E-state index in [2.05, 4.69) is 15.3 Å². The summed E-state index contributed by atoms with van der Waals surface area (Å²) >= 11 is 6.21. The van der Waals surface area contributed by atoms with Crippen LogP contribution in [0.2, 0.25) is 5.02 Å². The number of amides is 2. The largest absolute Gasteiger partial charge is 0.504 e. The number of benzene rings is 1. The molecule has 7 atom stereocenters.